The molecule has 0 spiro atoms. The van der Waals surface area contributed by atoms with Gasteiger partial charge in [0.15, 0.2) is 0 Å². The van der Waals surface area contributed by atoms with E-state index in [1.807, 2.05) is 0 Å². The fourth-order valence-corrected chi connectivity index (χ4v) is 1.76. The van der Waals surface area contributed by atoms with Crippen molar-refractivity contribution in [2.45, 2.75) is 26.0 Å². The van der Waals surface area contributed by atoms with E-state index in [2.05, 4.69) is 10.1 Å². The van der Waals surface area contributed by atoms with Gasteiger partial charge in [-0.3, -0.25) is 9.59 Å². The molecule has 0 radical (unpaired) electrons. The van der Waals surface area contributed by atoms with Crippen molar-refractivity contribution in [3.63, 3.8) is 0 Å². The van der Waals surface area contributed by atoms with E-state index in [9.17, 15) is 14.4 Å². The monoisotopic (exact) mass is 279 g/mol. The van der Waals surface area contributed by atoms with Gasteiger partial charge in [-0.1, -0.05) is 30.3 Å². The fourth-order valence-electron chi connectivity index (χ4n) is 1.76. The van der Waals surface area contributed by atoms with Crippen LogP contribution in [0.3, 0.4) is 0 Å². The summed E-state index contributed by atoms with van der Waals surface area (Å²) in [4.78, 5) is 34.3. The van der Waals surface area contributed by atoms with Crippen LogP contribution in [0, 0.1) is 0 Å². The van der Waals surface area contributed by atoms with Crippen LogP contribution in [0.5, 0.6) is 0 Å². The maximum Gasteiger partial charge on any atom is 0.349 e. The minimum absolute atomic E-state index is 0.347. The van der Waals surface area contributed by atoms with E-state index in [-0.39, 0.29) is 5.91 Å². The van der Waals surface area contributed by atoms with E-state index >= 15 is 0 Å². The molecule has 0 aromatic heterocycles. The minimum Gasteiger partial charge on any atom is -0.466 e. The highest BCUT2D eigenvalue weighted by Gasteiger charge is 2.34. The van der Waals surface area contributed by atoms with Gasteiger partial charge < -0.3 is 14.8 Å². The van der Waals surface area contributed by atoms with E-state index in [0.717, 1.165) is 0 Å². The second-order valence-electron chi connectivity index (χ2n) is 4.14. The first-order chi connectivity index (χ1) is 9.45. The van der Waals surface area contributed by atoms with Crippen LogP contribution >= 0.6 is 0 Å². The number of ether oxygens (including phenoxy) is 2. The number of carbonyl (C=O) groups excluding carboxylic acids is 3. The van der Waals surface area contributed by atoms with Crippen LogP contribution in [0.15, 0.2) is 30.3 Å². The summed E-state index contributed by atoms with van der Waals surface area (Å²) in [6, 6.07) is 7.95. The van der Waals surface area contributed by atoms with Crippen molar-refractivity contribution >= 4 is 17.8 Å². The number of hydrogen-bond donors (Lipinski definition) is 1. The molecule has 0 saturated heterocycles. The van der Waals surface area contributed by atoms with Gasteiger partial charge in [-0.2, -0.15) is 0 Å². The summed E-state index contributed by atoms with van der Waals surface area (Å²) in [6.07, 6.45) is -1.23. The number of nitrogens with one attached hydrogen (secondary N) is 1. The Bertz CT molecular complexity index is 486. The van der Waals surface area contributed by atoms with Crippen LogP contribution in [0.2, 0.25) is 0 Å². The van der Waals surface area contributed by atoms with E-state index in [1.54, 1.807) is 30.3 Å². The van der Waals surface area contributed by atoms with Crippen molar-refractivity contribution in [2.75, 3.05) is 7.11 Å². The highest BCUT2D eigenvalue weighted by molar-refractivity contribution is 5.81. The zero-order valence-corrected chi connectivity index (χ0v) is 11.6. The molecule has 108 valence electrons. The van der Waals surface area contributed by atoms with Crippen LogP contribution < -0.4 is 5.32 Å². The van der Waals surface area contributed by atoms with E-state index in [4.69, 9.17) is 4.74 Å². The minimum atomic E-state index is -1.23. The van der Waals surface area contributed by atoms with Gasteiger partial charge >= 0.3 is 11.9 Å². The zero-order valence-electron chi connectivity index (χ0n) is 11.6. The van der Waals surface area contributed by atoms with Crippen molar-refractivity contribution in [2.24, 2.45) is 0 Å². The Balaban J connectivity index is 3.13. The van der Waals surface area contributed by atoms with Crippen molar-refractivity contribution in [3.05, 3.63) is 35.9 Å². The molecular weight excluding hydrogens is 262 g/mol. The second kappa shape index (κ2) is 7.28. The third-order valence-electron chi connectivity index (χ3n) is 2.55. The molecule has 1 N–H and O–H groups in total. The summed E-state index contributed by atoms with van der Waals surface area (Å²) in [5, 5.41) is 2.60. The Hall–Kier alpha value is -2.37. The molecule has 0 bridgehead atoms. The molecule has 2 unspecified atom stereocenters. The zero-order chi connectivity index (χ0) is 15.1. The second-order valence-corrected chi connectivity index (χ2v) is 4.14. The van der Waals surface area contributed by atoms with Crippen LogP contribution in [0.25, 0.3) is 0 Å². The summed E-state index contributed by atoms with van der Waals surface area (Å²) in [7, 11) is 1.19. The van der Waals surface area contributed by atoms with Gasteiger partial charge in [0.2, 0.25) is 12.0 Å². The lowest BCUT2D eigenvalue weighted by Gasteiger charge is -2.25. The maximum absolute atomic E-state index is 11.8. The highest BCUT2D eigenvalue weighted by atomic mass is 16.6. The molecule has 0 aliphatic carbocycles. The van der Waals surface area contributed by atoms with Crippen molar-refractivity contribution in [1.82, 2.24) is 5.32 Å². The quantitative estimate of drug-likeness (QED) is 0.812. The smallest absolute Gasteiger partial charge is 0.349 e. The molecule has 6 heteroatoms. The largest absolute Gasteiger partial charge is 0.466 e. The van der Waals surface area contributed by atoms with E-state index in [1.165, 1.54) is 21.0 Å². The number of hydrogen-bond acceptors (Lipinski definition) is 5. The third kappa shape index (κ3) is 4.38. The van der Waals surface area contributed by atoms with Crippen molar-refractivity contribution < 1.29 is 23.9 Å². The topological polar surface area (TPSA) is 81.7 Å². The standard InChI is InChI=1S/C14H17NO5/c1-9(16)15-12(11-7-5-4-6-8-11)13(14(18)19-3)20-10(2)17/h4-8,12-13H,1-3H3,(H,15,16). The summed E-state index contributed by atoms with van der Waals surface area (Å²) in [6.45, 7) is 2.50. The molecule has 0 aliphatic rings. The molecule has 20 heavy (non-hydrogen) atoms. The molecule has 0 fully saturated rings. The third-order valence-corrected chi connectivity index (χ3v) is 2.55. The number of carbonyl (C=O) groups is 3. The average molecular weight is 279 g/mol. The van der Waals surface area contributed by atoms with Crippen LogP contribution in [0.1, 0.15) is 25.5 Å². The Labute approximate surface area is 117 Å². The van der Waals surface area contributed by atoms with Crippen LogP contribution in [0.4, 0.5) is 0 Å². The molecule has 6 nitrogen and oxygen atoms in total. The Morgan fingerprint density at radius 1 is 1.10 bits per heavy atom. The lowest BCUT2D eigenvalue weighted by Crippen LogP contribution is -2.42. The molecule has 0 aliphatic heterocycles. The van der Waals surface area contributed by atoms with Crippen LogP contribution in [-0.4, -0.2) is 31.1 Å². The summed E-state index contributed by atoms with van der Waals surface area (Å²) in [5.41, 5.74) is 0.638. The average Bonchev–Trinajstić information content (AvgIpc) is 2.42. The van der Waals surface area contributed by atoms with Crippen LogP contribution in [-0.2, 0) is 23.9 Å². The van der Waals surface area contributed by atoms with Gasteiger partial charge in [0.1, 0.15) is 6.04 Å². The molecule has 1 amide bonds. The Kier molecular flexibility index (Phi) is 5.71. The molecule has 1 aromatic rings. The number of rotatable bonds is 5. The van der Waals surface area contributed by atoms with Crippen molar-refractivity contribution in [3.8, 4) is 0 Å². The van der Waals surface area contributed by atoms with E-state index < -0.39 is 24.1 Å². The lowest BCUT2D eigenvalue weighted by molar-refractivity contribution is -0.167. The fraction of sp³-hybridized carbons (Fsp3) is 0.357. The lowest BCUT2D eigenvalue weighted by atomic mass is 10.0. The number of methoxy groups -OCH3 is 1. The normalized spacial score (nSPS) is 12.9. The number of amides is 1. The first kappa shape index (κ1) is 15.7. The molecule has 1 aromatic carbocycles. The Morgan fingerprint density at radius 2 is 1.70 bits per heavy atom. The predicted molar refractivity (Wildman–Crippen MR) is 70.6 cm³/mol. The summed E-state index contributed by atoms with van der Waals surface area (Å²) >= 11 is 0. The van der Waals surface area contributed by atoms with Gasteiger partial charge in [-0.15, -0.1) is 0 Å². The van der Waals surface area contributed by atoms with E-state index in [0.29, 0.717) is 5.56 Å². The highest BCUT2D eigenvalue weighted by Crippen LogP contribution is 2.20. The SMILES string of the molecule is COC(=O)C(OC(C)=O)C(NC(C)=O)c1ccccc1. The van der Waals surface area contributed by atoms with Gasteiger partial charge in [0, 0.05) is 13.8 Å². The predicted octanol–water partition coefficient (Wildman–Crippen LogP) is 0.968. The molecule has 0 heterocycles. The Morgan fingerprint density at radius 3 is 2.15 bits per heavy atom. The maximum atomic E-state index is 11.8. The summed E-state index contributed by atoms with van der Waals surface area (Å²) < 4.78 is 9.62. The van der Waals surface area contributed by atoms with Crippen molar-refractivity contribution in [1.29, 1.82) is 0 Å². The van der Waals surface area contributed by atoms with Gasteiger partial charge in [-0.25, -0.2) is 4.79 Å². The molecule has 2 atom stereocenters. The first-order valence-corrected chi connectivity index (χ1v) is 6.02. The summed E-state index contributed by atoms with van der Waals surface area (Å²) in [5.74, 6) is -1.71. The van der Waals surface area contributed by atoms with Gasteiger partial charge in [0.05, 0.1) is 7.11 Å². The molecule has 0 saturated carbocycles. The molecule has 1 rings (SSSR count). The number of benzene rings is 1. The first-order valence-electron chi connectivity index (χ1n) is 6.02. The molecular formula is C14H17NO5. The van der Waals surface area contributed by atoms with Gasteiger partial charge in [-0.05, 0) is 5.56 Å². The number of esters is 2. The van der Waals surface area contributed by atoms with Gasteiger partial charge in [0.25, 0.3) is 0 Å².